The lowest BCUT2D eigenvalue weighted by Crippen LogP contribution is -1.97. The maximum Gasteiger partial charge on any atom is 0.169 e. The van der Waals surface area contributed by atoms with E-state index in [-0.39, 0.29) is 0 Å². The van der Waals surface area contributed by atoms with Gasteiger partial charge in [0.1, 0.15) is 5.71 Å². The highest BCUT2D eigenvalue weighted by Crippen LogP contribution is 2.37. The number of hydrogen-bond donors (Lipinski definition) is 0. The zero-order valence-electron chi connectivity index (χ0n) is 10.0. The highest BCUT2D eigenvalue weighted by molar-refractivity contribution is 9.10. The number of allylic oxidation sites excluding steroid dienone is 1. The molecule has 0 aliphatic carbocycles. The molecule has 0 aromatic heterocycles. The van der Waals surface area contributed by atoms with Crippen molar-refractivity contribution < 1.29 is 4.79 Å². The van der Waals surface area contributed by atoms with Gasteiger partial charge < -0.3 is 0 Å². The second-order valence-corrected chi connectivity index (χ2v) is 5.16. The minimum absolute atomic E-state index is 0.483. The molecule has 0 N–H and O–H groups in total. The average Bonchev–Trinajstić information content (AvgIpc) is 2.77. The van der Waals surface area contributed by atoms with Gasteiger partial charge >= 0.3 is 0 Å². The van der Waals surface area contributed by atoms with E-state index in [0.717, 1.165) is 33.1 Å². The maximum atomic E-state index is 11.2. The van der Waals surface area contributed by atoms with Crippen molar-refractivity contribution in [3.63, 3.8) is 0 Å². The van der Waals surface area contributed by atoms with Crippen molar-refractivity contribution in [1.29, 1.82) is 0 Å². The molecule has 0 fully saturated rings. The first-order chi connectivity index (χ1) is 9.28. The van der Waals surface area contributed by atoms with Crippen molar-refractivity contribution in [2.45, 2.75) is 0 Å². The van der Waals surface area contributed by atoms with Gasteiger partial charge in [-0.3, -0.25) is 4.79 Å². The molecular weight excluding hydrogens is 302 g/mol. The number of aliphatic imine (C=N–C) groups is 1. The number of rotatable bonds is 2. The number of aldehydes is 1. The minimum atomic E-state index is 0.483. The number of carbonyl (C=O) groups is 1. The quantitative estimate of drug-likeness (QED) is 0.761. The molecule has 0 saturated heterocycles. The van der Waals surface area contributed by atoms with Crippen LogP contribution in [0.1, 0.15) is 11.1 Å². The Morgan fingerprint density at radius 2 is 1.84 bits per heavy atom. The molecule has 0 bridgehead atoms. The summed E-state index contributed by atoms with van der Waals surface area (Å²) in [5, 5.41) is 0. The van der Waals surface area contributed by atoms with Crippen LogP contribution < -0.4 is 0 Å². The summed E-state index contributed by atoms with van der Waals surface area (Å²) in [6.07, 6.45) is 2.80. The molecular formula is C16H10BrNO. The van der Waals surface area contributed by atoms with Crippen molar-refractivity contribution in [2.75, 3.05) is 0 Å². The van der Waals surface area contributed by atoms with E-state index in [1.165, 1.54) is 0 Å². The number of nitrogens with zero attached hydrogens (tertiary/aromatic N) is 1. The van der Waals surface area contributed by atoms with Gasteiger partial charge in [0.2, 0.25) is 0 Å². The molecule has 0 saturated carbocycles. The summed E-state index contributed by atoms with van der Waals surface area (Å²) >= 11 is 3.42. The van der Waals surface area contributed by atoms with Crippen LogP contribution in [0.4, 0.5) is 5.69 Å². The molecule has 1 aliphatic heterocycles. The van der Waals surface area contributed by atoms with Crippen LogP contribution in [0.5, 0.6) is 0 Å². The van der Waals surface area contributed by atoms with Gasteiger partial charge in [-0.25, -0.2) is 4.99 Å². The fourth-order valence-electron chi connectivity index (χ4n) is 2.11. The topological polar surface area (TPSA) is 29.4 Å². The molecule has 2 aromatic carbocycles. The first kappa shape index (κ1) is 12.1. The van der Waals surface area contributed by atoms with Crippen molar-refractivity contribution in [3.8, 4) is 0 Å². The van der Waals surface area contributed by atoms with Gasteiger partial charge in [0.05, 0.1) is 5.69 Å². The van der Waals surface area contributed by atoms with E-state index in [1.807, 2.05) is 54.6 Å². The predicted molar refractivity (Wildman–Crippen MR) is 81.6 cm³/mol. The molecule has 19 heavy (non-hydrogen) atoms. The second kappa shape index (κ2) is 4.94. The third-order valence-electron chi connectivity index (χ3n) is 2.99. The van der Waals surface area contributed by atoms with Gasteiger partial charge in [0.25, 0.3) is 0 Å². The van der Waals surface area contributed by atoms with E-state index >= 15 is 0 Å². The molecule has 0 amide bonds. The van der Waals surface area contributed by atoms with Gasteiger partial charge in [-0.2, -0.15) is 0 Å². The lowest BCUT2D eigenvalue weighted by Gasteiger charge is -2.02. The third kappa shape index (κ3) is 2.29. The lowest BCUT2D eigenvalue weighted by atomic mass is 10.0. The van der Waals surface area contributed by atoms with Gasteiger partial charge in [0, 0.05) is 15.6 Å². The number of halogens is 1. The van der Waals surface area contributed by atoms with Crippen molar-refractivity contribution in [1.82, 2.24) is 0 Å². The Hall–Kier alpha value is -2.00. The summed E-state index contributed by atoms with van der Waals surface area (Å²) in [6, 6.07) is 15.8. The molecule has 2 aromatic rings. The molecule has 0 unspecified atom stereocenters. The summed E-state index contributed by atoms with van der Waals surface area (Å²) in [5.74, 6) is 0. The Balaban J connectivity index is 2.14. The van der Waals surface area contributed by atoms with E-state index in [1.54, 1.807) is 0 Å². The number of fused-ring (bicyclic) bond motifs is 1. The zero-order valence-corrected chi connectivity index (χ0v) is 11.6. The van der Waals surface area contributed by atoms with Crippen molar-refractivity contribution >= 4 is 45.3 Å². The van der Waals surface area contributed by atoms with E-state index in [0.29, 0.717) is 5.71 Å². The van der Waals surface area contributed by atoms with Crippen LogP contribution in [-0.2, 0) is 4.79 Å². The van der Waals surface area contributed by atoms with E-state index in [4.69, 9.17) is 0 Å². The Bertz CT molecular complexity index is 702. The van der Waals surface area contributed by atoms with Crippen molar-refractivity contribution in [3.05, 3.63) is 64.1 Å². The predicted octanol–water partition coefficient (Wildman–Crippen LogP) is 4.27. The van der Waals surface area contributed by atoms with E-state index in [9.17, 15) is 4.79 Å². The summed E-state index contributed by atoms with van der Waals surface area (Å²) in [7, 11) is 0. The molecule has 0 atom stereocenters. The summed E-state index contributed by atoms with van der Waals surface area (Å²) in [4.78, 5) is 15.5. The fourth-order valence-corrected chi connectivity index (χ4v) is 2.46. The largest absolute Gasteiger partial charge is 0.296 e. The van der Waals surface area contributed by atoms with Gasteiger partial charge in [0.15, 0.2) is 6.29 Å². The Morgan fingerprint density at radius 3 is 2.58 bits per heavy atom. The molecule has 0 radical (unpaired) electrons. The normalized spacial score (nSPS) is 15.2. The van der Waals surface area contributed by atoms with Crippen LogP contribution >= 0.6 is 15.9 Å². The molecule has 3 rings (SSSR count). The Labute approximate surface area is 119 Å². The minimum Gasteiger partial charge on any atom is -0.296 e. The monoisotopic (exact) mass is 311 g/mol. The smallest absolute Gasteiger partial charge is 0.169 e. The first-order valence-electron chi connectivity index (χ1n) is 5.89. The maximum absolute atomic E-state index is 11.2. The van der Waals surface area contributed by atoms with Crippen molar-refractivity contribution in [2.24, 2.45) is 4.99 Å². The van der Waals surface area contributed by atoms with Gasteiger partial charge in [-0.15, -0.1) is 0 Å². The summed E-state index contributed by atoms with van der Waals surface area (Å²) < 4.78 is 0.959. The average molecular weight is 312 g/mol. The first-order valence-corrected chi connectivity index (χ1v) is 6.68. The molecule has 1 aliphatic rings. The number of benzene rings is 2. The molecule has 2 nitrogen and oxygen atoms in total. The second-order valence-electron chi connectivity index (χ2n) is 4.25. The third-order valence-corrected chi connectivity index (χ3v) is 3.48. The molecule has 1 heterocycles. The Kier molecular flexibility index (Phi) is 3.13. The number of hydrogen-bond acceptors (Lipinski definition) is 2. The lowest BCUT2D eigenvalue weighted by molar-refractivity contribution is -0.102. The Morgan fingerprint density at radius 1 is 1.05 bits per heavy atom. The van der Waals surface area contributed by atoms with Gasteiger partial charge in [-0.1, -0.05) is 52.3 Å². The van der Waals surface area contributed by atoms with Gasteiger partial charge in [-0.05, 0) is 23.8 Å². The van der Waals surface area contributed by atoms with Crippen LogP contribution in [0, 0.1) is 0 Å². The van der Waals surface area contributed by atoms with Crippen LogP contribution in [0.2, 0.25) is 0 Å². The van der Waals surface area contributed by atoms with E-state index < -0.39 is 0 Å². The highest BCUT2D eigenvalue weighted by Gasteiger charge is 2.20. The highest BCUT2D eigenvalue weighted by atomic mass is 79.9. The molecule has 0 spiro atoms. The van der Waals surface area contributed by atoms with E-state index in [2.05, 4.69) is 20.9 Å². The SMILES string of the molecule is O=CC1=Nc2cc(Br)ccc2C1=Cc1ccccc1. The fraction of sp³-hybridized carbons (Fsp3) is 0. The van der Waals surface area contributed by atoms with Crippen LogP contribution in [0.25, 0.3) is 11.6 Å². The summed E-state index contributed by atoms with van der Waals surface area (Å²) in [5.41, 5.74) is 4.25. The molecule has 3 heteroatoms. The number of carbonyl (C=O) groups excluding carboxylic acids is 1. The van der Waals surface area contributed by atoms with Crippen LogP contribution in [-0.4, -0.2) is 12.0 Å². The summed E-state index contributed by atoms with van der Waals surface area (Å²) in [6.45, 7) is 0. The van der Waals surface area contributed by atoms with Crippen LogP contribution in [0.15, 0.2) is 58.0 Å². The molecule has 92 valence electrons. The standard InChI is InChI=1S/C16H10BrNO/c17-12-6-7-13-14(8-11-4-2-1-3-5-11)16(10-19)18-15(13)9-12/h1-10H. The zero-order chi connectivity index (χ0) is 13.2. The van der Waals surface area contributed by atoms with Crippen LogP contribution in [0.3, 0.4) is 0 Å².